The van der Waals surface area contributed by atoms with E-state index < -0.39 is 0 Å². The van der Waals surface area contributed by atoms with Crippen LogP contribution in [0.3, 0.4) is 0 Å². The molecule has 6 heteroatoms. The molecule has 0 aliphatic carbocycles. The number of hydrogen-bond donors (Lipinski definition) is 0. The maximum Gasteiger partial charge on any atom is 0.143 e. The summed E-state index contributed by atoms with van der Waals surface area (Å²) in [6.07, 6.45) is 0. The van der Waals surface area contributed by atoms with Gasteiger partial charge in [0.2, 0.25) is 0 Å². The summed E-state index contributed by atoms with van der Waals surface area (Å²) in [6, 6.07) is 142. The minimum atomic E-state index is 0.953. The van der Waals surface area contributed by atoms with Crippen LogP contribution in [0.15, 0.2) is 427 Å². The molecule has 0 saturated carbocycles. The second-order valence-corrected chi connectivity index (χ2v) is 35.6. The lowest BCUT2D eigenvalue weighted by molar-refractivity contribution is 0.672. The summed E-state index contributed by atoms with van der Waals surface area (Å²) in [5.74, 6) is 0. The Morgan fingerprint density at radius 1 is 0.106 bits per heavy atom. The Hall–Kier alpha value is -16.8. The maximum atomic E-state index is 6.14. The minimum absolute atomic E-state index is 0.953. The van der Waals surface area contributed by atoms with Crippen LogP contribution in [0.25, 0.3) is 261 Å². The Bertz CT molecular complexity index is 8550. The first-order valence-electron chi connectivity index (χ1n) is 45.3. The lowest BCUT2D eigenvalue weighted by Crippen LogP contribution is -1.80. The molecular weight excluding hydrogens is 1610 g/mol. The molecular formula is C126H84O6. The van der Waals surface area contributed by atoms with Crippen molar-refractivity contribution < 1.29 is 26.5 Å². The molecule has 0 saturated heterocycles. The van der Waals surface area contributed by atoms with Gasteiger partial charge in [-0.25, -0.2) is 0 Å². The number of aryl methyl sites for hydroxylation is 6. The van der Waals surface area contributed by atoms with Crippen molar-refractivity contribution in [1.82, 2.24) is 0 Å². The SMILES string of the molecule is Cc1ccc2c(ccc3c2ccc2c4ccccc4oc23)c1.Cc1ccc2c(ccc3c2ccc2c4ccccc4oc23)c1.Cc1ccc2c(ccc3c2ccc2c4ccccc4oc23)c1.Cc1ccc2c(ccc3c2ccc2c4ccccc4oc23)c1.Cc1ccc2c(ccc3c2ccc2c4ccccc4oc23)c1.Cc1ccc2c(ccc3c2ccc2c4ccccc4oc23)c1. The van der Waals surface area contributed by atoms with Gasteiger partial charge < -0.3 is 26.5 Å². The third-order valence-electron chi connectivity index (χ3n) is 27.1. The molecule has 0 spiro atoms. The van der Waals surface area contributed by atoms with Crippen LogP contribution in [-0.4, -0.2) is 0 Å². The highest BCUT2D eigenvalue weighted by molar-refractivity contribution is 6.27. The van der Waals surface area contributed by atoms with Crippen LogP contribution in [-0.2, 0) is 0 Å². The normalized spacial score (nSPS) is 11.9. The third kappa shape index (κ3) is 13.0. The van der Waals surface area contributed by atoms with E-state index in [-0.39, 0.29) is 0 Å². The average molecular weight is 1690 g/mol. The summed E-state index contributed by atoms with van der Waals surface area (Å²) < 4.78 is 36.8. The number of para-hydroxylation sites is 6. The van der Waals surface area contributed by atoms with Gasteiger partial charge in [0.25, 0.3) is 0 Å². The number of rotatable bonds is 0. The van der Waals surface area contributed by atoms with E-state index in [1.54, 1.807) is 0 Å². The number of benzene rings is 24. The number of hydrogen-bond acceptors (Lipinski definition) is 6. The zero-order valence-electron chi connectivity index (χ0n) is 73.6. The van der Waals surface area contributed by atoms with Crippen molar-refractivity contribution in [3.8, 4) is 0 Å². The molecule has 6 heterocycles. The van der Waals surface area contributed by atoms with Crippen molar-refractivity contribution in [2.75, 3.05) is 0 Å². The van der Waals surface area contributed by atoms with Crippen LogP contribution < -0.4 is 0 Å². The Morgan fingerprint density at radius 3 is 0.386 bits per heavy atom. The summed E-state index contributed by atoms with van der Waals surface area (Å²) >= 11 is 0. The van der Waals surface area contributed by atoms with Gasteiger partial charge in [0.05, 0.1) is 0 Å². The highest BCUT2D eigenvalue weighted by Crippen LogP contribution is 2.45. The highest BCUT2D eigenvalue weighted by atomic mass is 16.3. The number of furan rings is 6. The van der Waals surface area contributed by atoms with Crippen molar-refractivity contribution >= 4 is 261 Å². The summed E-state index contributed by atoms with van der Waals surface area (Å²) in [6.45, 7) is 12.8. The van der Waals surface area contributed by atoms with Crippen LogP contribution in [0.5, 0.6) is 0 Å². The van der Waals surface area contributed by atoms with Crippen LogP contribution in [0.2, 0.25) is 0 Å². The second kappa shape index (κ2) is 31.0. The largest absolute Gasteiger partial charge is 0.455 e. The van der Waals surface area contributed by atoms with Crippen LogP contribution in [0.1, 0.15) is 33.4 Å². The molecule has 0 N–H and O–H groups in total. The summed E-state index contributed by atoms with van der Waals surface area (Å²) in [5, 5.41) is 44.3. The van der Waals surface area contributed by atoms with E-state index >= 15 is 0 Å². The summed E-state index contributed by atoms with van der Waals surface area (Å²) in [4.78, 5) is 0. The van der Waals surface area contributed by atoms with Crippen molar-refractivity contribution in [2.45, 2.75) is 41.5 Å². The van der Waals surface area contributed by atoms with E-state index in [9.17, 15) is 0 Å². The smallest absolute Gasteiger partial charge is 0.143 e. The molecule has 0 fully saturated rings. The molecule has 30 rings (SSSR count). The summed E-state index contributed by atoms with van der Waals surface area (Å²) in [7, 11) is 0. The summed E-state index contributed by atoms with van der Waals surface area (Å²) in [5.41, 5.74) is 19.4. The molecule has 0 amide bonds. The Labute approximate surface area is 757 Å². The van der Waals surface area contributed by atoms with Crippen LogP contribution in [0.4, 0.5) is 0 Å². The number of fused-ring (bicyclic) bond motifs is 42. The van der Waals surface area contributed by atoms with E-state index in [4.69, 9.17) is 26.5 Å². The molecule has 6 nitrogen and oxygen atoms in total. The molecule has 0 unspecified atom stereocenters. The van der Waals surface area contributed by atoms with Gasteiger partial charge in [-0.3, -0.25) is 0 Å². The Morgan fingerprint density at radius 2 is 0.227 bits per heavy atom. The van der Waals surface area contributed by atoms with Crippen molar-refractivity contribution in [1.29, 1.82) is 0 Å². The lowest BCUT2D eigenvalue weighted by atomic mass is 9.99. The molecule has 6 aromatic heterocycles. The van der Waals surface area contributed by atoms with Crippen molar-refractivity contribution in [3.63, 3.8) is 0 Å². The van der Waals surface area contributed by atoms with Crippen LogP contribution in [0, 0.1) is 41.5 Å². The van der Waals surface area contributed by atoms with Gasteiger partial charge in [0.1, 0.15) is 67.0 Å². The highest BCUT2D eigenvalue weighted by Gasteiger charge is 2.20. The van der Waals surface area contributed by atoms with Gasteiger partial charge in [0.15, 0.2) is 0 Å². The zero-order valence-corrected chi connectivity index (χ0v) is 73.6. The van der Waals surface area contributed by atoms with E-state index in [0.717, 1.165) is 67.0 Å². The molecule has 0 aliphatic rings. The predicted octanol–water partition coefficient (Wildman–Crippen LogP) is 37.2. The Balaban J connectivity index is 0.0000000851. The minimum Gasteiger partial charge on any atom is -0.455 e. The molecule has 0 bridgehead atoms. The first-order chi connectivity index (χ1) is 64.9. The first-order valence-corrected chi connectivity index (χ1v) is 45.3. The van der Waals surface area contributed by atoms with Gasteiger partial charge in [-0.15, -0.1) is 0 Å². The van der Waals surface area contributed by atoms with E-state index in [0.29, 0.717) is 0 Å². The fourth-order valence-electron chi connectivity index (χ4n) is 20.7. The molecule has 132 heavy (non-hydrogen) atoms. The lowest BCUT2D eigenvalue weighted by Gasteiger charge is -2.05. The second-order valence-electron chi connectivity index (χ2n) is 35.6. The topological polar surface area (TPSA) is 78.8 Å². The fourth-order valence-corrected chi connectivity index (χ4v) is 20.7. The quantitative estimate of drug-likeness (QED) is 0.141. The molecule has 24 aromatic carbocycles. The molecule has 624 valence electrons. The fraction of sp³-hybridized carbons (Fsp3) is 0.0476. The predicted molar refractivity (Wildman–Crippen MR) is 561 cm³/mol. The molecule has 30 aromatic rings. The zero-order chi connectivity index (χ0) is 88.1. The first kappa shape index (κ1) is 77.5. The van der Waals surface area contributed by atoms with E-state index in [2.05, 4.69) is 369 Å². The molecule has 0 radical (unpaired) electrons. The van der Waals surface area contributed by atoms with Gasteiger partial charge in [-0.2, -0.15) is 0 Å². The van der Waals surface area contributed by atoms with Gasteiger partial charge in [0, 0.05) is 97.0 Å². The molecule has 0 atom stereocenters. The van der Waals surface area contributed by atoms with Crippen LogP contribution >= 0.6 is 0 Å². The van der Waals surface area contributed by atoms with Gasteiger partial charge >= 0.3 is 0 Å². The van der Waals surface area contributed by atoms with Gasteiger partial charge in [-0.1, -0.05) is 325 Å². The monoisotopic (exact) mass is 1690 g/mol. The maximum absolute atomic E-state index is 6.14. The average Bonchev–Trinajstić information content (AvgIpc) is 1.59. The van der Waals surface area contributed by atoms with Crippen molar-refractivity contribution in [2.24, 2.45) is 0 Å². The van der Waals surface area contributed by atoms with Gasteiger partial charge in [-0.05, 0) is 248 Å². The third-order valence-corrected chi connectivity index (χ3v) is 27.1. The van der Waals surface area contributed by atoms with E-state index in [1.807, 2.05) is 72.8 Å². The van der Waals surface area contributed by atoms with E-state index in [1.165, 1.54) is 227 Å². The Kier molecular flexibility index (Phi) is 18.2. The molecule has 0 aliphatic heterocycles. The van der Waals surface area contributed by atoms with Crippen molar-refractivity contribution in [3.05, 3.63) is 434 Å². The standard InChI is InChI=1S/6C21H14O/c6*1-13-6-8-15-14(12-13)7-9-18-16(15)10-11-19-17-4-2-3-5-20(17)22-21(18)19/h6*2-12H,1H3.